The number of carbonyl (C=O) groups excluding carboxylic acids is 1. The summed E-state index contributed by atoms with van der Waals surface area (Å²) in [6, 6.07) is 13.6. The van der Waals surface area contributed by atoms with Crippen LogP contribution in [0.15, 0.2) is 48.5 Å². The van der Waals surface area contributed by atoms with E-state index in [0.29, 0.717) is 41.2 Å². The summed E-state index contributed by atoms with van der Waals surface area (Å²) in [5.74, 6) is 0.800. The van der Waals surface area contributed by atoms with Gasteiger partial charge in [-0.05, 0) is 49.1 Å². The number of nitrogens with one attached hydrogen (secondary N) is 1. The Kier molecular flexibility index (Phi) is 6.03. The molecule has 0 unspecified atom stereocenters. The molecule has 1 fully saturated rings. The monoisotopic (exact) mass is 466 g/mol. The predicted octanol–water partition coefficient (Wildman–Crippen LogP) is 6.22. The normalized spacial score (nSPS) is 16.9. The molecule has 0 saturated heterocycles. The number of anilines is 1. The quantitative estimate of drug-likeness (QED) is 0.495. The number of fused-ring (bicyclic) bond motifs is 1. The Labute approximate surface area is 197 Å². The molecule has 2 heterocycles. The van der Waals surface area contributed by atoms with Crippen LogP contribution in [0.5, 0.6) is 0 Å². The third-order valence-electron chi connectivity index (χ3n) is 6.34. The van der Waals surface area contributed by atoms with Gasteiger partial charge in [-0.2, -0.15) is 0 Å². The van der Waals surface area contributed by atoms with Crippen molar-refractivity contribution >= 4 is 51.3 Å². The van der Waals surface area contributed by atoms with Gasteiger partial charge in [0.05, 0.1) is 15.7 Å². The zero-order chi connectivity index (χ0) is 22.1. The highest BCUT2D eigenvalue weighted by Gasteiger charge is 2.23. The Morgan fingerprint density at radius 3 is 2.41 bits per heavy atom. The van der Waals surface area contributed by atoms with Crippen LogP contribution in [0.4, 0.5) is 5.82 Å². The molecule has 2 aliphatic rings. The van der Waals surface area contributed by atoms with Gasteiger partial charge in [0.15, 0.2) is 5.82 Å². The van der Waals surface area contributed by atoms with Gasteiger partial charge in [-0.15, -0.1) is 10.2 Å². The summed E-state index contributed by atoms with van der Waals surface area (Å²) in [7, 11) is 0. The Morgan fingerprint density at radius 2 is 1.72 bits per heavy atom. The summed E-state index contributed by atoms with van der Waals surface area (Å²) < 4.78 is 0. The standard InChI is InChI=1S/C25H24Cl2N4O/c26-21-14-19-20(15-22(21)27)24(28-18-8-4-5-9-18)30-29-23(19)16-10-12-31(13-11-16)25(32)17-6-2-1-3-7-17/h1-3,6-7,10,14-15,18H,4-5,8-9,11-13H2,(H,28,30). The fourth-order valence-electron chi connectivity index (χ4n) is 4.59. The van der Waals surface area contributed by atoms with E-state index in [9.17, 15) is 4.79 Å². The minimum atomic E-state index is 0.0442. The van der Waals surface area contributed by atoms with E-state index in [1.807, 2.05) is 47.4 Å². The highest BCUT2D eigenvalue weighted by molar-refractivity contribution is 6.43. The van der Waals surface area contributed by atoms with Crippen LogP contribution in [-0.2, 0) is 0 Å². The van der Waals surface area contributed by atoms with E-state index < -0.39 is 0 Å². The molecule has 1 saturated carbocycles. The van der Waals surface area contributed by atoms with Crippen LogP contribution < -0.4 is 5.32 Å². The lowest BCUT2D eigenvalue weighted by Gasteiger charge is -2.27. The van der Waals surface area contributed by atoms with Gasteiger partial charge in [0.25, 0.3) is 5.91 Å². The first kappa shape index (κ1) is 21.2. The first-order valence-corrected chi connectivity index (χ1v) is 11.8. The molecule has 1 aliphatic carbocycles. The lowest BCUT2D eigenvalue weighted by molar-refractivity contribution is 0.0773. The molecule has 0 radical (unpaired) electrons. The largest absolute Gasteiger partial charge is 0.365 e. The average molecular weight is 467 g/mol. The van der Waals surface area contributed by atoms with Crippen molar-refractivity contribution in [3.63, 3.8) is 0 Å². The van der Waals surface area contributed by atoms with Gasteiger partial charge >= 0.3 is 0 Å². The first-order chi connectivity index (χ1) is 15.6. The number of benzene rings is 2. The van der Waals surface area contributed by atoms with Gasteiger partial charge in [0, 0.05) is 35.5 Å². The fraction of sp³-hybridized carbons (Fsp3) is 0.320. The molecular formula is C25H24Cl2N4O. The summed E-state index contributed by atoms with van der Waals surface area (Å²) in [4.78, 5) is 14.6. The Balaban J connectivity index is 1.46. The molecule has 0 spiro atoms. The molecule has 1 amide bonds. The van der Waals surface area contributed by atoms with E-state index in [2.05, 4.69) is 21.6 Å². The number of carbonyl (C=O) groups is 1. The summed E-state index contributed by atoms with van der Waals surface area (Å²) in [5, 5.41) is 15.5. The van der Waals surface area contributed by atoms with Gasteiger partial charge in [-0.1, -0.05) is 60.3 Å². The maximum Gasteiger partial charge on any atom is 0.254 e. The smallest absolute Gasteiger partial charge is 0.254 e. The number of hydrogen-bond donors (Lipinski definition) is 1. The summed E-state index contributed by atoms with van der Waals surface area (Å²) in [5.41, 5.74) is 2.59. The van der Waals surface area contributed by atoms with Gasteiger partial charge in [-0.3, -0.25) is 4.79 Å². The Hall–Kier alpha value is -2.63. The highest BCUT2D eigenvalue weighted by Crippen LogP contribution is 2.36. The van der Waals surface area contributed by atoms with Crippen LogP contribution in [-0.4, -0.2) is 40.1 Å². The molecule has 0 atom stereocenters. The van der Waals surface area contributed by atoms with Crippen molar-refractivity contribution < 1.29 is 4.79 Å². The van der Waals surface area contributed by atoms with E-state index in [1.165, 1.54) is 12.8 Å². The minimum absolute atomic E-state index is 0.0442. The van der Waals surface area contributed by atoms with Crippen LogP contribution >= 0.6 is 23.2 Å². The van der Waals surface area contributed by atoms with E-state index in [-0.39, 0.29) is 5.91 Å². The number of aromatic nitrogens is 2. The van der Waals surface area contributed by atoms with Gasteiger partial charge in [0.2, 0.25) is 0 Å². The molecule has 5 rings (SSSR count). The molecular weight excluding hydrogens is 443 g/mol. The van der Waals surface area contributed by atoms with Gasteiger partial charge in [0.1, 0.15) is 0 Å². The van der Waals surface area contributed by atoms with Crippen LogP contribution in [0.3, 0.4) is 0 Å². The molecule has 32 heavy (non-hydrogen) atoms. The van der Waals surface area contributed by atoms with Crippen molar-refractivity contribution in [1.82, 2.24) is 15.1 Å². The Morgan fingerprint density at radius 1 is 1.00 bits per heavy atom. The van der Waals surface area contributed by atoms with Crippen molar-refractivity contribution in [3.05, 3.63) is 69.8 Å². The van der Waals surface area contributed by atoms with E-state index >= 15 is 0 Å². The third kappa shape index (κ3) is 4.19. The predicted molar refractivity (Wildman–Crippen MR) is 130 cm³/mol. The maximum atomic E-state index is 12.8. The van der Waals surface area contributed by atoms with Crippen LogP contribution in [0.1, 0.15) is 48.2 Å². The highest BCUT2D eigenvalue weighted by atomic mass is 35.5. The Bertz CT molecular complexity index is 1190. The molecule has 3 aromatic rings. The lowest BCUT2D eigenvalue weighted by Crippen LogP contribution is -2.34. The van der Waals surface area contributed by atoms with Gasteiger partial charge < -0.3 is 10.2 Å². The maximum absolute atomic E-state index is 12.8. The number of amides is 1. The minimum Gasteiger partial charge on any atom is -0.365 e. The number of hydrogen-bond acceptors (Lipinski definition) is 4. The summed E-state index contributed by atoms with van der Waals surface area (Å²) >= 11 is 12.7. The van der Waals surface area contributed by atoms with E-state index in [0.717, 1.165) is 40.7 Å². The fourth-order valence-corrected chi connectivity index (χ4v) is 4.91. The summed E-state index contributed by atoms with van der Waals surface area (Å²) in [6.45, 7) is 1.17. The lowest BCUT2D eigenvalue weighted by atomic mass is 9.99. The van der Waals surface area contributed by atoms with Crippen LogP contribution in [0.2, 0.25) is 10.0 Å². The topological polar surface area (TPSA) is 58.1 Å². The third-order valence-corrected chi connectivity index (χ3v) is 7.06. The molecule has 0 bridgehead atoms. The molecule has 1 N–H and O–H groups in total. The number of halogens is 2. The second-order valence-corrected chi connectivity index (χ2v) is 9.25. The molecule has 7 heteroatoms. The van der Waals surface area contributed by atoms with Crippen LogP contribution in [0, 0.1) is 0 Å². The molecule has 164 valence electrons. The van der Waals surface area contributed by atoms with Crippen molar-refractivity contribution in [1.29, 1.82) is 0 Å². The number of rotatable bonds is 4. The van der Waals surface area contributed by atoms with Crippen molar-refractivity contribution in [2.45, 2.75) is 38.1 Å². The first-order valence-electron chi connectivity index (χ1n) is 11.1. The van der Waals surface area contributed by atoms with Crippen LogP contribution in [0.25, 0.3) is 16.3 Å². The van der Waals surface area contributed by atoms with Crippen molar-refractivity contribution in [2.24, 2.45) is 0 Å². The summed E-state index contributed by atoms with van der Waals surface area (Å²) in [6.07, 6.45) is 7.53. The molecule has 1 aliphatic heterocycles. The average Bonchev–Trinajstić information content (AvgIpc) is 3.34. The van der Waals surface area contributed by atoms with Crippen molar-refractivity contribution in [2.75, 3.05) is 18.4 Å². The zero-order valence-electron chi connectivity index (χ0n) is 17.7. The molecule has 5 nitrogen and oxygen atoms in total. The number of nitrogens with zero attached hydrogens (tertiary/aromatic N) is 3. The zero-order valence-corrected chi connectivity index (χ0v) is 19.2. The molecule has 2 aromatic carbocycles. The second-order valence-electron chi connectivity index (χ2n) is 8.43. The molecule has 1 aromatic heterocycles. The second kappa shape index (κ2) is 9.08. The van der Waals surface area contributed by atoms with E-state index in [4.69, 9.17) is 23.2 Å². The SMILES string of the molecule is O=C(c1ccccc1)N1CC=C(c2nnc(NC3CCCC3)c3cc(Cl)c(Cl)cc23)CC1. The van der Waals surface area contributed by atoms with Gasteiger partial charge in [-0.25, -0.2) is 0 Å². The van der Waals surface area contributed by atoms with E-state index in [1.54, 1.807) is 0 Å². The van der Waals surface area contributed by atoms with Crippen molar-refractivity contribution in [3.8, 4) is 0 Å².